The highest BCUT2D eigenvalue weighted by molar-refractivity contribution is 5.72. The number of aliphatic carboxylic acids is 1. The van der Waals surface area contributed by atoms with Crippen LogP contribution in [0, 0.1) is 11.8 Å². The van der Waals surface area contributed by atoms with Gasteiger partial charge in [-0.1, -0.05) is 18.2 Å². The number of carboxylic acids is 1. The zero-order valence-electron chi connectivity index (χ0n) is 14.4. The number of para-hydroxylation sites is 1. The van der Waals surface area contributed by atoms with Crippen LogP contribution < -0.4 is 10.5 Å². The lowest BCUT2D eigenvalue weighted by Gasteiger charge is -2.29. The maximum Gasteiger partial charge on any atom is 0.308 e. The Bertz CT molecular complexity index is 569. The molecule has 0 bridgehead atoms. The summed E-state index contributed by atoms with van der Waals surface area (Å²) in [5.41, 5.74) is 7.01. The Morgan fingerprint density at radius 2 is 1.96 bits per heavy atom. The number of hydrogen-bond donors (Lipinski definition) is 2. The van der Waals surface area contributed by atoms with E-state index in [1.807, 2.05) is 24.3 Å². The number of carbonyl (C=O) groups is 1. The van der Waals surface area contributed by atoms with Crippen LogP contribution in [0.1, 0.15) is 37.2 Å². The molecule has 1 heterocycles. The van der Waals surface area contributed by atoms with Crippen LogP contribution >= 0.6 is 0 Å². The molecule has 1 aromatic rings. The van der Waals surface area contributed by atoms with Gasteiger partial charge in [0.2, 0.25) is 0 Å². The van der Waals surface area contributed by atoms with Gasteiger partial charge in [0.1, 0.15) is 5.75 Å². The van der Waals surface area contributed by atoms with E-state index in [0.29, 0.717) is 18.5 Å². The van der Waals surface area contributed by atoms with Crippen molar-refractivity contribution in [3.05, 3.63) is 29.8 Å². The van der Waals surface area contributed by atoms with Crippen LogP contribution in [0.25, 0.3) is 0 Å². The molecule has 1 aliphatic carbocycles. The minimum Gasteiger partial charge on any atom is -0.496 e. The van der Waals surface area contributed by atoms with E-state index < -0.39 is 5.97 Å². The molecule has 2 fully saturated rings. The molecule has 0 spiro atoms. The van der Waals surface area contributed by atoms with Gasteiger partial charge in [-0.2, -0.15) is 0 Å². The van der Waals surface area contributed by atoms with Crippen LogP contribution in [0.3, 0.4) is 0 Å². The summed E-state index contributed by atoms with van der Waals surface area (Å²) in [6.07, 6.45) is 4.51. The topological polar surface area (TPSA) is 75.8 Å². The molecule has 1 saturated carbocycles. The number of carboxylic acid groups (broad SMARTS) is 1. The van der Waals surface area contributed by atoms with E-state index in [0.717, 1.165) is 50.1 Å². The second kappa shape index (κ2) is 7.53. The standard InChI is InChI=1S/C19H28N2O3/c1-24-18-5-3-2-4-15(18)16-11-21(12-17(16)19(22)23)10-13-6-8-14(20)9-7-13/h2-5,13-14,16-17H,6-12,20H2,1H3,(H,22,23)/t13?,14?,16-,17+/m0/s1. The highest BCUT2D eigenvalue weighted by Gasteiger charge is 2.40. The third-order valence-electron chi connectivity index (χ3n) is 5.66. The Kier molecular flexibility index (Phi) is 5.41. The van der Waals surface area contributed by atoms with Gasteiger partial charge in [-0.3, -0.25) is 4.79 Å². The van der Waals surface area contributed by atoms with E-state index in [-0.39, 0.29) is 11.8 Å². The van der Waals surface area contributed by atoms with Gasteiger partial charge in [-0.05, 0) is 43.2 Å². The fourth-order valence-corrected chi connectivity index (χ4v) is 4.31. The van der Waals surface area contributed by atoms with Crippen LogP contribution in [0.5, 0.6) is 5.75 Å². The Hall–Kier alpha value is -1.59. The number of rotatable bonds is 5. The van der Waals surface area contributed by atoms with Gasteiger partial charge in [0.05, 0.1) is 13.0 Å². The first-order valence-electron chi connectivity index (χ1n) is 8.92. The summed E-state index contributed by atoms with van der Waals surface area (Å²) < 4.78 is 5.46. The number of methoxy groups -OCH3 is 1. The fourth-order valence-electron chi connectivity index (χ4n) is 4.31. The van der Waals surface area contributed by atoms with E-state index >= 15 is 0 Å². The average Bonchev–Trinajstić information content (AvgIpc) is 3.01. The molecule has 2 atom stereocenters. The van der Waals surface area contributed by atoms with Crippen LogP contribution in [0.4, 0.5) is 0 Å². The minimum atomic E-state index is -0.709. The van der Waals surface area contributed by atoms with Crippen molar-refractivity contribution in [2.45, 2.75) is 37.6 Å². The van der Waals surface area contributed by atoms with Crippen LogP contribution in [-0.2, 0) is 4.79 Å². The first kappa shape index (κ1) is 17.2. The maximum atomic E-state index is 11.8. The lowest BCUT2D eigenvalue weighted by molar-refractivity contribution is -0.141. The molecule has 1 saturated heterocycles. The molecule has 24 heavy (non-hydrogen) atoms. The SMILES string of the molecule is COc1ccccc1[C@@H]1CN(CC2CCC(N)CC2)C[C@H]1C(=O)O. The molecule has 0 amide bonds. The summed E-state index contributed by atoms with van der Waals surface area (Å²) in [6, 6.07) is 8.16. The van der Waals surface area contributed by atoms with Gasteiger partial charge < -0.3 is 20.5 Å². The number of hydrogen-bond acceptors (Lipinski definition) is 4. The van der Waals surface area contributed by atoms with E-state index in [2.05, 4.69) is 4.90 Å². The van der Waals surface area contributed by atoms with E-state index in [9.17, 15) is 9.90 Å². The Balaban J connectivity index is 1.71. The number of nitrogens with zero attached hydrogens (tertiary/aromatic N) is 1. The summed E-state index contributed by atoms with van der Waals surface area (Å²) in [4.78, 5) is 14.1. The van der Waals surface area contributed by atoms with Crippen molar-refractivity contribution < 1.29 is 14.6 Å². The number of benzene rings is 1. The minimum absolute atomic E-state index is 0.00972. The summed E-state index contributed by atoms with van der Waals surface area (Å²) in [6.45, 7) is 2.41. The Morgan fingerprint density at radius 1 is 1.25 bits per heavy atom. The van der Waals surface area contributed by atoms with Crippen LogP contribution in [0.2, 0.25) is 0 Å². The van der Waals surface area contributed by atoms with E-state index in [1.54, 1.807) is 7.11 Å². The second-order valence-electron chi connectivity index (χ2n) is 7.29. The van der Waals surface area contributed by atoms with Gasteiger partial charge in [0.15, 0.2) is 0 Å². The van der Waals surface area contributed by atoms with E-state index in [1.165, 1.54) is 0 Å². The molecule has 2 aliphatic rings. The first-order chi connectivity index (χ1) is 11.6. The quantitative estimate of drug-likeness (QED) is 0.865. The molecular weight excluding hydrogens is 304 g/mol. The van der Waals surface area contributed by atoms with Crippen molar-refractivity contribution in [1.29, 1.82) is 0 Å². The summed E-state index contributed by atoms with van der Waals surface area (Å²) in [7, 11) is 1.65. The number of likely N-dealkylation sites (tertiary alicyclic amines) is 1. The zero-order chi connectivity index (χ0) is 17.1. The van der Waals surface area contributed by atoms with Crippen molar-refractivity contribution in [3.63, 3.8) is 0 Å². The summed E-state index contributed by atoms with van der Waals surface area (Å²) in [5, 5.41) is 9.68. The number of nitrogens with two attached hydrogens (primary N) is 1. The van der Waals surface area contributed by atoms with Crippen LogP contribution in [-0.4, -0.2) is 48.8 Å². The smallest absolute Gasteiger partial charge is 0.308 e. The molecule has 3 rings (SSSR count). The monoisotopic (exact) mass is 332 g/mol. The second-order valence-corrected chi connectivity index (χ2v) is 7.29. The van der Waals surface area contributed by atoms with Crippen molar-refractivity contribution in [1.82, 2.24) is 4.90 Å². The third-order valence-corrected chi connectivity index (χ3v) is 5.66. The largest absolute Gasteiger partial charge is 0.496 e. The molecule has 3 N–H and O–H groups in total. The average molecular weight is 332 g/mol. The fraction of sp³-hybridized carbons (Fsp3) is 0.632. The summed E-state index contributed by atoms with van der Waals surface area (Å²) >= 11 is 0. The molecule has 1 aliphatic heterocycles. The molecule has 132 valence electrons. The highest BCUT2D eigenvalue weighted by atomic mass is 16.5. The molecule has 0 radical (unpaired) electrons. The lowest BCUT2D eigenvalue weighted by Crippen LogP contribution is -2.34. The van der Waals surface area contributed by atoms with Crippen LogP contribution in [0.15, 0.2) is 24.3 Å². The van der Waals surface area contributed by atoms with E-state index in [4.69, 9.17) is 10.5 Å². The third kappa shape index (κ3) is 3.73. The first-order valence-corrected chi connectivity index (χ1v) is 8.92. The predicted molar refractivity (Wildman–Crippen MR) is 93.2 cm³/mol. The van der Waals surface area contributed by atoms with Crippen molar-refractivity contribution in [2.24, 2.45) is 17.6 Å². The van der Waals surface area contributed by atoms with Crippen molar-refractivity contribution >= 4 is 5.97 Å². The predicted octanol–water partition coefficient (Wildman–Crippen LogP) is 2.31. The van der Waals surface area contributed by atoms with Gasteiger partial charge in [-0.15, -0.1) is 0 Å². The molecular formula is C19H28N2O3. The Morgan fingerprint density at radius 3 is 2.62 bits per heavy atom. The molecule has 1 aromatic carbocycles. The maximum absolute atomic E-state index is 11.8. The van der Waals surface area contributed by atoms with Crippen molar-refractivity contribution in [3.8, 4) is 5.75 Å². The van der Waals surface area contributed by atoms with Gasteiger partial charge in [-0.25, -0.2) is 0 Å². The molecule has 5 heteroatoms. The molecule has 5 nitrogen and oxygen atoms in total. The molecule has 0 aromatic heterocycles. The highest BCUT2D eigenvalue weighted by Crippen LogP contribution is 2.38. The number of ether oxygens (including phenoxy) is 1. The zero-order valence-corrected chi connectivity index (χ0v) is 14.4. The summed E-state index contributed by atoms with van der Waals surface area (Å²) in [5.74, 6) is 0.352. The lowest BCUT2D eigenvalue weighted by atomic mass is 9.86. The normalized spacial score (nSPS) is 31.1. The molecule has 0 unspecified atom stereocenters. The van der Waals surface area contributed by atoms with Gasteiger partial charge in [0.25, 0.3) is 0 Å². The van der Waals surface area contributed by atoms with Gasteiger partial charge >= 0.3 is 5.97 Å². The Labute approximate surface area is 143 Å². The van der Waals surface area contributed by atoms with Crippen molar-refractivity contribution in [2.75, 3.05) is 26.7 Å². The van der Waals surface area contributed by atoms with Gasteiger partial charge in [0, 0.05) is 31.6 Å².